The second-order valence-corrected chi connectivity index (χ2v) is 1.82. The standard InChI is InChI=1S/C7H5NO.ClH/c1-2-4-7-6(3-1)8-5-9-7;/h1-5H;1H. The minimum absolute atomic E-state index is 0. The zero-order valence-corrected chi connectivity index (χ0v) is 5.97. The molecule has 2 nitrogen and oxygen atoms in total. The van der Waals surface area contributed by atoms with E-state index in [1.165, 1.54) is 6.39 Å². The van der Waals surface area contributed by atoms with Gasteiger partial charge in [-0.2, -0.15) is 0 Å². The summed E-state index contributed by atoms with van der Waals surface area (Å²) in [6.45, 7) is 0. The van der Waals surface area contributed by atoms with Crippen LogP contribution in [0.25, 0.3) is 11.1 Å². The number of rotatable bonds is 0. The molecule has 1 aromatic heterocycles. The fourth-order valence-corrected chi connectivity index (χ4v) is 0.803. The summed E-state index contributed by atoms with van der Waals surface area (Å²) < 4.78 is 5.01. The van der Waals surface area contributed by atoms with Crippen LogP contribution in [0.2, 0.25) is 0 Å². The van der Waals surface area contributed by atoms with Gasteiger partial charge in [-0.05, 0) is 12.1 Å². The van der Waals surface area contributed by atoms with E-state index in [-0.39, 0.29) is 12.4 Å². The molecule has 0 atom stereocenters. The average molecular weight is 156 g/mol. The number of benzene rings is 1. The maximum absolute atomic E-state index is 5.01. The normalized spacial score (nSPS) is 9.20. The molecule has 0 aliphatic heterocycles. The maximum atomic E-state index is 5.01. The molecule has 52 valence electrons. The number of oxazole rings is 1. The third-order valence-corrected chi connectivity index (χ3v) is 1.24. The van der Waals surface area contributed by atoms with Gasteiger partial charge in [-0.3, -0.25) is 0 Å². The highest BCUT2D eigenvalue weighted by molar-refractivity contribution is 5.85. The number of halogens is 1. The van der Waals surface area contributed by atoms with E-state index in [9.17, 15) is 0 Å². The lowest BCUT2D eigenvalue weighted by Gasteiger charge is -1.79. The Bertz CT molecular complexity index is 288. The molecule has 1 heterocycles. The van der Waals surface area contributed by atoms with Crippen molar-refractivity contribution in [3.63, 3.8) is 0 Å². The van der Waals surface area contributed by atoms with Gasteiger partial charge in [0.1, 0.15) is 5.52 Å². The smallest absolute Gasteiger partial charge is 0.181 e. The lowest BCUT2D eigenvalue weighted by atomic mass is 10.3. The molecule has 0 bridgehead atoms. The van der Waals surface area contributed by atoms with Crippen molar-refractivity contribution in [2.24, 2.45) is 0 Å². The van der Waals surface area contributed by atoms with Crippen molar-refractivity contribution in [2.45, 2.75) is 0 Å². The van der Waals surface area contributed by atoms with Crippen molar-refractivity contribution in [3.8, 4) is 0 Å². The summed E-state index contributed by atoms with van der Waals surface area (Å²) in [5.41, 5.74) is 1.76. The van der Waals surface area contributed by atoms with E-state index in [0.717, 1.165) is 11.1 Å². The fraction of sp³-hybridized carbons (Fsp3) is 0. The molecule has 0 aliphatic rings. The maximum Gasteiger partial charge on any atom is 0.181 e. The first-order chi connectivity index (χ1) is 4.47. The van der Waals surface area contributed by atoms with E-state index in [0.29, 0.717) is 0 Å². The molecule has 2 rings (SSSR count). The van der Waals surface area contributed by atoms with E-state index in [1.807, 2.05) is 24.3 Å². The SMILES string of the molecule is Cl.c1ccc2ocnc2c1. The summed E-state index contributed by atoms with van der Waals surface area (Å²) >= 11 is 0. The lowest BCUT2D eigenvalue weighted by molar-refractivity contribution is 0.602. The predicted octanol–water partition coefficient (Wildman–Crippen LogP) is 2.25. The van der Waals surface area contributed by atoms with Crippen LogP contribution in [0, 0.1) is 0 Å². The molecule has 0 aliphatic carbocycles. The van der Waals surface area contributed by atoms with Crippen LogP contribution in [0.5, 0.6) is 0 Å². The van der Waals surface area contributed by atoms with Gasteiger partial charge in [0.2, 0.25) is 0 Å². The average Bonchev–Trinajstić information content (AvgIpc) is 2.33. The quantitative estimate of drug-likeness (QED) is 0.583. The van der Waals surface area contributed by atoms with Gasteiger partial charge in [0.05, 0.1) is 0 Å². The van der Waals surface area contributed by atoms with Crippen molar-refractivity contribution >= 4 is 23.5 Å². The summed E-state index contributed by atoms with van der Waals surface area (Å²) in [4.78, 5) is 3.95. The Balaban J connectivity index is 0.000000500. The molecule has 0 saturated heterocycles. The van der Waals surface area contributed by atoms with Crippen molar-refractivity contribution in [2.75, 3.05) is 0 Å². The molecule has 0 N–H and O–H groups in total. The number of para-hydroxylation sites is 2. The molecule has 1 aromatic carbocycles. The number of hydrogen-bond acceptors (Lipinski definition) is 2. The predicted molar refractivity (Wildman–Crippen MR) is 41.3 cm³/mol. The Labute approximate surface area is 64.3 Å². The number of fused-ring (bicyclic) bond motifs is 1. The van der Waals surface area contributed by atoms with E-state index < -0.39 is 0 Å². The second-order valence-electron chi connectivity index (χ2n) is 1.82. The third kappa shape index (κ3) is 0.977. The van der Waals surface area contributed by atoms with Gasteiger partial charge >= 0.3 is 0 Å². The molecule has 0 amide bonds. The summed E-state index contributed by atoms with van der Waals surface area (Å²) in [5, 5.41) is 0. The zero-order chi connectivity index (χ0) is 6.10. The number of aromatic nitrogens is 1. The van der Waals surface area contributed by atoms with E-state index in [4.69, 9.17) is 4.42 Å². The van der Waals surface area contributed by atoms with Gasteiger partial charge in [-0.15, -0.1) is 12.4 Å². The first kappa shape index (κ1) is 7.09. The zero-order valence-electron chi connectivity index (χ0n) is 5.15. The Morgan fingerprint density at radius 1 is 1.20 bits per heavy atom. The first-order valence-corrected chi connectivity index (χ1v) is 2.75. The molecule has 0 fully saturated rings. The largest absolute Gasteiger partial charge is 0.443 e. The van der Waals surface area contributed by atoms with Gasteiger partial charge in [-0.1, -0.05) is 12.1 Å². The molecule has 0 unspecified atom stereocenters. The molecule has 10 heavy (non-hydrogen) atoms. The van der Waals surface area contributed by atoms with Gasteiger partial charge in [0.25, 0.3) is 0 Å². The van der Waals surface area contributed by atoms with Crippen molar-refractivity contribution in [1.82, 2.24) is 4.98 Å². The van der Waals surface area contributed by atoms with Crippen LogP contribution in [-0.4, -0.2) is 4.98 Å². The Morgan fingerprint density at radius 3 is 2.80 bits per heavy atom. The summed E-state index contributed by atoms with van der Waals surface area (Å²) in [6, 6.07) is 7.67. The minimum Gasteiger partial charge on any atom is -0.443 e. The Hall–Kier alpha value is -1.02. The van der Waals surface area contributed by atoms with E-state index in [1.54, 1.807) is 0 Å². The highest BCUT2D eigenvalue weighted by Gasteiger charge is 1.91. The van der Waals surface area contributed by atoms with E-state index >= 15 is 0 Å². The van der Waals surface area contributed by atoms with Crippen LogP contribution in [0.4, 0.5) is 0 Å². The highest BCUT2D eigenvalue weighted by Crippen LogP contribution is 2.09. The highest BCUT2D eigenvalue weighted by atomic mass is 35.5. The van der Waals surface area contributed by atoms with Crippen LogP contribution >= 0.6 is 12.4 Å². The fourth-order valence-electron chi connectivity index (χ4n) is 0.803. The molecular weight excluding hydrogens is 150 g/mol. The lowest BCUT2D eigenvalue weighted by Crippen LogP contribution is -1.61. The van der Waals surface area contributed by atoms with Crippen LogP contribution in [0.3, 0.4) is 0 Å². The molecule has 3 heteroatoms. The van der Waals surface area contributed by atoms with Crippen LogP contribution in [-0.2, 0) is 0 Å². The van der Waals surface area contributed by atoms with Crippen LogP contribution < -0.4 is 0 Å². The van der Waals surface area contributed by atoms with Crippen molar-refractivity contribution in [1.29, 1.82) is 0 Å². The number of hydrogen-bond donors (Lipinski definition) is 0. The molecule has 0 radical (unpaired) electrons. The summed E-state index contributed by atoms with van der Waals surface area (Å²) in [5.74, 6) is 0. The van der Waals surface area contributed by atoms with Gasteiger partial charge in [0.15, 0.2) is 12.0 Å². The number of nitrogens with zero attached hydrogens (tertiary/aromatic N) is 1. The summed E-state index contributed by atoms with van der Waals surface area (Å²) in [6.07, 6.45) is 1.45. The molecule has 0 spiro atoms. The topological polar surface area (TPSA) is 26.0 Å². The monoisotopic (exact) mass is 155 g/mol. The van der Waals surface area contributed by atoms with Crippen LogP contribution in [0.1, 0.15) is 0 Å². The van der Waals surface area contributed by atoms with Crippen molar-refractivity contribution < 1.29 is 4.42 Å². The van der Waals surface area contributed by atoms with E-state index in [2.05, 4.69) is 4.98 Å². The summed E-state index contributed by atoms with van der Waals surface area (Å²) in [7, 11) is 0. The van der Waals surface area contributed by atoms with Crippen molar-refractivity contribution in [3.05, 3.63) is 30.7 Å². The second kappa shape index (κ2) is 2.71. The Kier molecular flexibility index (Phi) is 1.92. The molecule has 2 aromatic rings. The molecular formula is C7H6ClNO. The van der Waals surface area contributed by atoms with Gasteiger partial charge in [-0.25, -0.2) is 4.98 Å². The Morgan fingerprint density at radius 2 is 2.00 bits per heavy atom. The van der Waals surface area contributed by atoms with Gasteiger partial charge < -0.3 is 4.42 Å². The minimum atomic E-state index is 0. The molecule has 0 saturated carbocycles. The first-order valence-electron chi connectivity index (χ1n) is 2.75. The van der Waals surface area contributed by atoms with Crippen LogP contribution in [0.15, 0.2) is 35.1 Å². The van der Waals surface area contributed by atoms with Gasteiger partial charge in [0, 0.05) is 0 Å². The third-order valence-electron chi connectivity index (χ3n) is 1.24.